The summed E-state index contributed by atoms with van der Waals surface area (Å²) in [5, 5.41) is 0.885. The highest BCUT2D eigenvalue weighted by Gasteiger charge is 2.23. The van der Waals surface area contributed by atoms with Gasteiger partial charge in [-0.15, -0.1) is 0 Å². The minimum Gasteiger partial charge on any atom is -0.481 e. The zero-order valence-electron chi connectivity index (χ0n) is 8.94. The Balaban J connectivity index is 1.97. The molecule has 1 aromatic heterocycles. The Bertz CT molecular complexity index is 332. The first-order valence-electron chi connectivity index (χ1n) is 5.51. The summed E-state index contributed by atoms with van der Waals surface area (Å²) < 4.78 is 5.91. The molecule has 1 aliphatic rings. The molecule has 0 saturated heterocycles. The topological polar surface area (TPSA) is 26.3 Å². The van der Waals surface area contributed by atoms with Crippen molar-refractivity contribution in [1.82, 2.24) is 0 Å². The van der Waals surface area contributed by atoms with Gasteiger partial charge in [-0.1, -0.05) is 24.7 Å². The molecule has 1 saturated carbocycles. The third kappa shape index (κ3) is 2.59. The molecule has 2 rings (SSSR count). The lowest BCUT2D eigenvalue weighted by molar-refractivity contribution is 0.106. The van der Waals surface area contributed by atoms with E-state index in [2.05, 4.69) is 6.92 Å². The Hall–Kier alpha value is -0.830. The van der Waals surface area contributed by atoms with E-state index in [0.717, 1.165) is 22.6 Å². The van der Waals surface area contributed by atoms with Crippen LogP contribution >= 0.6 is 11.3 Å². The number of aldehydes is 1. The van der Waals surface area contributed by atoms with Gasteiger partial charge in [-0.2, -0.15) is 0 Å². The Morgan fingerprint density at radius 3 is 2.87 bits per heavy atom. The molecular formula is C12H16O2S. The summed E-state index contributed by atoms with van der Waals surface area (Å²) in [4.78, 5) is 11.3. The standard InChI is InChI=1S/C12H16O2S/c1-9-4-2-3-5-11(9)14-12-7-6-10(8-13)15-12/h6-9,11H,2-5H2,1H3. The molecular weight excluding hydrogens is 208 g/mol. The molecule has 82 valence electrons. The van der Waals surface area contributed by atoms with Gasteiger partial charge in [-0.25, -0.2) is 0 Å². The molecule has 3 heteroatoms. The number of thiophene rings is 1. The second-order valence-electron chi connectivity index (χ2n) is 4.19. The van der Waals surface area contributed by atoms with Crippen molar-refractivity contribution >= 4 is 17.6 Å². The second-order valence-corrected chi connectivity index (χ2v) is 5.27. The summed E-state index contributed by atoms with van der Waals surface area (Å²) in [6.07, 6.45) is 6.22. The Labute approximate surface area is 94.3 Å². The summed E-state index contributed by atoms with van der Waals surface area (Å²) in [6, 6.07) is 3.72. The quantitative estimate of drug-likeness (QED) is 0.734. The SMILES string of the molecule is CC1CCCCC1Oc1ccc(C=O)s1. The van der Waals surface area contributed by atoms with Crippen LogP contribution in [0.2, 0.25) is 0 Å². The first-order valence-corrected chi connectivity index (χ1v) is 6.33. The maximum Gasteiger partial charge on any atom is 0.174 e. The maximum absolute atomic E-state index is 10.5. The normalized spacial score (nSPS) is 26.2. The van der Waals surface area contributed by atoms with Gasteiger partial charge < -0.3 is 4.74 Å². The smallest absolute Gasteiger partial charge is 0.174 e. The lowest BCUT2D eigenvalue weighted by Crippen LogP contribution is -2.27. The van der Waals surface area contributed by atoms with Gasteiger partial charge in [0.05, 0.1) is 4.88 Å². The molecule has 1 aliphatic carbocycles. The van der Waals surface area contributed by atoms with Crippen LogP contribution in [0.25, 0.3) is 0 Å². The molecule has 2 nitrogen and oxygen atoms in total. The first kappa shape index (κ1) is 10.7. The molecule has 0 radical (unpaired) electrons. The lowest BCUT2D eigenvalue weighted by Gasteiger charge is -2.28. The molecule has 15 heavy (non-hydrogen) atoms. The van der Waals surface area contributed by atoms with E-state index < -0.39 is 0 Å². The van der Waals surface area contributed by atoms with E-state index in [1.807, 2.05) is 12.1 Å². The largest absolute Gasteiger partial charge is 0.481 e. The molecule has 0 bridgehead atoms. The average molecular weight is 224 g/mol. The number of rotatable bonds is 3. The fourth-order valence-corrected chi connectivity index (χ4v) is 2.79. The van der Waals surface area contributed by atoms with Crippen molar-refractivity contribution in [3.8, 4) is 5.06 Å². The molecule has 0 N–H and O–H groups in total. The number of hydrogen-bond acceptors (Lipinski definition) is 3. The van der Waals surface area contributed by atoms with Gasteiger partial charge in [0.25, 0.3) is 0 Å². The van der Waals surface area contributed by atoms with E-state index in [9.17, 15) is 4.79 Å². The average Bonchev–Trinajstić information content (AvgIpc) is 2.69. The Morgan fingerprint density at radius 2 is 2.20 bits per heavy atom. The van der Waals surface area contributed by atoms with E-state index in [-0.39, 0.29) is 0 Å². The number of hydrogen-bond donors (Lipinski definition) is 0. The van der Waals surface area contributed by atoms with Crippen molar-refractivity contribution in [2.75, 3.05) is 0 Å². The third-order valence-electron chi connectivity index (χ3n) is 3.02. The van der Waals surface area contributed by atoms with Crippen LogP contribution in [0.5, 0.6) is 5.06 Å². The highest BCUT2D eigenvalue weighted by molar-refractivity contribution is 7.15. The monoisotopic (exact) mass is 224 g/mol. The molecule has 0 aliphatic heterocycles. The van der Waals surface area contributed by atoms with Crippen LogP contribution in [0.1, 0.15) is 42.3 Å². The predicted octanol–water partition coefficient (Wildman–Crippen LogP) is 3.52. The van der Waals surface area contributed by atoms with Crippen molar-refractivity contribution in [2.24, 2.45) is 5.92 Å². The third-order valence-corrected chi connectivity index (χ3v) is 3.92. The van der Waals surface area contributed by atoms with Crippen molar-refractivity contribution in [2.45, 2.75) is 38.7 Å². The summed E-state index contributed by atoms with van der Waals surface area (Å²) in [6.45, 7) is 2.25. The highest BCUT2D eigenvalue weighted by atomic mass is 32.1. The van der Waals surface area contributed by atoms with E-state index >= 15 is 0 Å². The van der Waals surface area contributed by atoms with Crippen LogP contribution in [0.15, 0.2) is 12.1 Å². The van der Waals surface area contributed by atoms with Gasteiger partial charge in [0.2, 0.25) is 0 Å². The molecule has 0 spiro atoms. The summed E-state index contributed by atoms with van der Waals surface area (Å²) in [5.41, 5.74) is 0. The van der Waals surface area contributed by atoms with Gasteiger partial charge in [0.15, 0.2) is 11.3 Å². The minimum absolute atomic E-state index is 0.344. The fourth-order valence-electron chi connectivity index (χ4n) is 2.07. The molecule has 1 fully saturated rings. The van der Waals surface area contributed by atoms with Crippen LogP contribution in [-0.2, 0) is 0 Å². The summed E-state index contributed by atoms with van der Waals surface area (Å²) in [5.74, 6) is 0.639. The number of carbonyl (C=O) groups is 1. The van der Waals surface area contributed by atoms with Gasteiger partial charge in [-0.05, 0) is 37.3 Å². The Morgan fingerprint density at radius 1 is 1.40 bits per heavy atom. The van der Waals surface area contributed by atoms with E-state index in [0.29, 0.717) is 12.0 Å². The van der Waals surface area contributed by atoms with Crippen LogP contribution < -0.4 is 4.74 Å². The lowest BCUT2D eigenvalue weighted by atomic mass is 9.88. The number of carbonyl (C=O) groups excluding carboxylic acids is 1. The molecule has 1 heterocycles. The van der Waals surface area contributed by atoms with E-state index in [4.69, 9.17) is 4.74 Å². The van der Waals surface area contributed by atoms with Crippen molar-refractivity contribution in [1.29, 1.82) is 0 Å². The maximum atomic E-state index is 10.5. The van der Waals surface area contributed by atoms with Crippen molar-refractivity contribution in [3.05, 3.63) is 17.0 Å². The van der Waals surface area contributed by atoms with Crippen molar-refractivity contribution in [3.63, 3.8) is 0 Å². The zero-order chi connectivity index (χ0) is 10.7. The summed E-state index contributed by atoms with van der Waals surface area (Å²) >= 11 is 1.44. The second kappa shape index (κ2) is 4.79. The fraction of sp³-hybridized carbons (Fsp3) is 0.583. The van der Waals surface area contributed by atoms with Crippen LogP contribution in [0.3, 0.4) is 0 Å². The van der Waals surface area contributed by atoms with Crippen molar-refractivity contribution < 1.29 is 9.53 Å². The highest BCUT2D eigenvalue weighted by Crippen LogP contribution is 2.31. The first-order chi connectivity index (χ1) is 7.29. The Kier molecular flexibility index (Phi) is 3.41. The summed E-state index contributed by atoms with van der Waals surface area (Å²) in [7, 11) is 0. The van der Waals surface area contributed by atoms with E-state index in [1.54, 1.807) is 0 Å². The van der Waals surface area contributed by atoms with E-state index in [1.165, 1.54) is 30.6 Å². The van der Waals surface area contributed by atoms with Gasteiger partial charge in [-0.3, -0.25) is 4.79 Å². The molecule has 2 atom stereocenters. The minimum atomic E-state index is 0.344. The molecule has 2 unspecified atom stereocenters. The van der Waals surface area contributed by atoms with Gasteiger partial charge in [0.1, 0.15) is 6.10 Å². The molecule has 1 aromatic rings. The van der Waals surface area contributed by atoms with Crippen LogP contribution in [0.4, 0.5) is 0 Å². The van der Waals surface area contributed by atoms with Crippen LogP contribution in [-0.4, -0.2) is 12.4 Å². The van der Waals surface area contributed by atoms with Crippen LogP contribution in [0, 0.1) is 5.92 Å². The predicted molar refractivity (Wildman–Crippen MR) is 61.8 cm³/mol. The zero-order valence-corrected chi connectivity index (χ0v) is 9.76. The number of ether oxygens (including phenoxy) is 1. The van der Waals surface area contributed by atoms with Gasteiger partial charge >= 0.3 is 0 Å². The molecule has 0 amide bonds. The van der Waals surface area contributed by atoms with Gasteiger partial charge in [0, 0.05) is 0 Å². The molecule has 0 aromatic carbocycles.